The minimum Gasteiger partial charge on any atom is -0.496 e. The van der Waals surface area contributed by atoms with Crippen LogP contribution in [-0.2, 0) is 9.59 Å². The predicted octanol–water partition coefficient (Wildman–Crippen LogP) is 4.87. The van der Waals surface area contributed by atoms with Gasteiger partial charge in [0.2, 0.25) is 11.8 Å². The van der Waals surface area contributed by atoms with E-state index in [1.807, 2.05) is 41.3 Å². The van der Waals surface area contributed by atoms with Crippen molar-refractivity contribution in [2.24, 2.45) is 11.8 Å². The molecule has 6 rings (SSSR count). The van der Waals surface area contributed by atoms with Crippen molar-refractivity contribution in [2.75, 3.05) is 16.9 Å². The van der Waals surface area contributed by atoms with Crippen molar-refractivity contribution in [3.8, 4) is 5.75 Å². The van der Waals surface area contributed by atoms with Crippen molar-refractivity contribution in [2.45, 2.75) is 12.1 Å². The highest BCUT2D eigenvalue weighted by atomic mass is 79.9. The Morgan fingerprint density at radius 2 is 1.75 bits per heavy atom. The number of rotatable bonds is 4. The maximum atomic E-state index is 14.1. The van der Waals surface area contributed by atoms with E-state index in [1.54, 1.807) is 18.2 Å². The standard InChI is InChI=1S/C28H20BrFN2O4/c1-36-22-12-10-16(13-19(22)29)26(33)25-24-23(21-11-9-15-5-2-3-8-20(15)32(21)25)27(34)31(28(24)35)18-7-4-6-17(30)14-18/h2-14,21,23-25H,1H3/t21-,23-,24+,25-/m1/s1. The molecule has 3 aliphatic rings. The number of fused-ring (bicyclic) bond motifs is 5. The van der Waals surface area contributed by atoms with Gasteiger partial charge < -0.3 is 9.64 Å². The van der Waals surface area contributed by atoms with Crippen LogP contribution in [0.15, 0.2) is 77.3 Å². The molecular weight excluding hydrogens is 527 g/mol. The van der Waals surface area contributed by atoms with Crippen LogP contribution in [0.5, 0.6) is 5.75 Å². The van der Waals surface area contributed by atoms with Gasteiger partial charge in [-0.2, -0.15) is 0 Å². The van der Waals surface area contributed by atoms with Crippen molar-refractivity contribution in [1.82, 2.24) is 0 Å². The molecule has 0 aromatic heterocycles. The van der Waals surface area contributed by atoms with Gasteiger partial charge in [-0.3, -0.25) is 14.4 Å². The quantitative estimate of drug-likeness (QED) is 0.345. The number of ether oxygens (including phenoxy) is 1. The van der Waals surface area contributed by atoms with Crippen LogP contribution in [0.3, 0.4) is 0 Å². The van der Waals surface area contributed by atoms with E-state index >= 15 is 0 Å². The molecule has 0 saturated carbocycles. The van der Waals surface area contributed by atoms with Crippen molar-refractivity contribution in [3.63, 3.8) is 0 Å². The predicted molar refractivity (Wildman–Crippen MR) is 136 cm³/mol. The highest BCUT2D eigenvalue weighted by Gasteiger charge is 2.64. The largest absolute Gasteiger partial charge is 0.496 e. The Labute approximate surface area is 215 Å². The first kappa shape index (κ1) is 22.7. The molecular formula is C28H20BrFN2O4. The van der Waals surface area contributed by atoms with Gasteiger partial charge in [0, 0.05) is 11.3 Å². The molecule has 180 valence electrons. The summed E-state index contributed by atoms with van der Waals surface area (Å²) in [4.78, 5) is 44.6. The molecule has 3 aliphatic heterocycles. The van der Waals surface area contributed by atoms with Gasteiger partial charge in [-0.05, 0) is 64.0 Å². The number of imide groups is 1. The Hall–Kier alpha value is -3.78. The topological polar surface area (TPSA) is 66.9 Å². The summed E-state index contributed by atoms with van der Waals surface area (Å²) >= 11 is 3.44. The van der Waals surface area contributed by atoms with Crippen molar-refractivity contribution < 1.29 is 23.5 Å². The molecule has 8 heteroatoms. The van der Waals surface area contributed by atoms with E-state index in [2.05, 4.69) is 15.9 Å². The Bertz CT molecular complexity index is 1470. The summed E-state index contributed by atoms with van der Waals surface area (Å²) in [5.74, 6) is -2.87. The number of ketones is 1. The maximum Gasteiger partial charge on any atom is 0.240 e. The number of Topliss-reactive ketones (excluding diaryl/α,β-unsaturated/α-hetero) is 1. The number of methoxy groups -OCH3 is 1. The van der Waals surface area contributed by atoms with E-state index in [0.717, 1.165) is 22.2 Å². The first-order chi connectivity index (χ1) is 17.4. The van der Waals surface area contributed by atoms with Gasteiger partial charge in [-0.15, -0.1) is 0 Å². The van der Waals surface area contributed by atoms with E-state index in [1.165, 1.54) is 25.3 Å². The highest BCUT2D eigenvalue weighted by molar-refractivity contribution is 9.10. The summed E-state index contributed by atoms with van der Waals surface area (Å²) in [6.07, 6.45) is 3.81. The number of benzene rings is 3. The lowest BCUT2D eigenvalue weighted by atomic mass is 9.86. The molecule has 0 unspecified atom stereocenters. The molecule has 3 aromatic carbocycles. The Morgan fingerprint density at radius 1 is 0.972 bits per heavy atom. The van der Waals surface area contributed by atoms with E-state index < -0.39 is 41.6 Å². The normalized spacial score (nSPS) is 24.0. The number of halogens is 2. The molecule has 0 bridgehead atoms. The zero-order valence-electron chi connectivity index (χ0n) is 19.1. The number of anilines is 2. The number of para-hydroxylation sites is 1. The number of hydrogen-bond acceptors (Lipinski definition) is 5. The summed E-state index contributed by atoms with van der Waals surface area (Å²) in [6, 6.07) is 16.6. The van der Waals surface area contributed by atoms with Gasteiger partial charge in [0.05, 0.1) is 35.1 Å². The number of carbonyl (C=O) groups is 3. The molecule has 0 spiro atoms. The molecule has 6 nitrogen and oxygen atoms in total. The molecule has 3 heterocycles. The van der Waals surface area contributed by atoms with Crippen LogP contribution >= 0.6 is 15.9 Å². The van der Waals surface area contributed by atoms with E-state index in [-0.39, 0.29) is 11.5 Å². The van der Waals surface area contributed by atoms with Crippen LogP contribution < -0.4 is 14.5 Å². The zero-order valence-corrected chi connectivity index (χ0v) is 20.7. The van der Waals surface area contributed by atoms with Crippen LogP contribution in [0.1, 0.15) is 15.9 Å². The summed E-state index contributed by atoms with van der Waals surface area (Å²) < 4.78 is 19.9. The third-order valence-corrected chi connectivity index (χ3v) is 7.81. The molecule has 3 aromatic rings. The minimum absolute atomic E-state index is 0.171. The van der Waals surface area contributed by atoms with Crippen molar-refractivity contribution in [3.05, 3.63) is 94.2 Å². The van der Waals surface area contributed by atoms with E-state index in [0.29, 0.717) is 15.8 Å². The number of nitrogens with zero attached hydrogens (tertiary/aromatic N) is 2. The van der Waals surface area contributed by atoms with Gasteiger partial charge in [-0.1, -0.05) is 36.4 Å². The van der Waals surface area contributed by atoms with Gasteiger partial charge in [0.25, 0.3) is 0 Å². The molecule has 2 saturated heterocycles. The summed E-state index contributed by atoms with van der Waals surface area (Å²) in [5.41, 5.74) is 2.26. The lowest BCUT2D eigenvalue weighted by Gasteiger charge is -2.36. The first-order valence-electron chi connectivity index (χ1n) is 11.5. The molecule has 4 atom stereocenters. The number of hydrogen-bond donors (Lipinski definition) is 0. The molecule has 0 radical (unpaired) electrons. The van der Waals surface area contributed by atoms with Gasteiger partial charge in [0.1, 0.15) is 17.6 Å². The second-order valence-electron chi connectivity index (χ2n) is 9.02. The monoisotopic (exact) mass is 546 g/mol. The second-order valence-corrected chi connectivity index (χ2v) is 9.87. The van der Waals surface area contributed by atoms with E-state index in [9.17, 15) is 18.8 Å². The lowest BCUT2D eigenvalue weighted by molar-refractivity contribution is -0.122. The Kier molecular flexibility index (Phi) is 5.30. The van der Waals surface area contributed by atoms with Crippen LogP contribution in [0.25, 0.3) is 6.08 Å². The summed E-state index contributed by atoms with van der Waals surface area (Å²) in [7, 11) is 1.54. The third-order valence-electron chi connectivity index (χ3n) is 7.19. The minimum atomic E-state index is -0.921. The molecule has 2 fully saturated rings. The van der Waals surface area contributed by atoms with Gasteiger partial charge in [-0.25, -0.2) is 9.29 Å². The fourth-order valence-corrected chi connectivity index (χ4v) is 6.21. The Morgan fingerprint density at radius 3 is 2.50 bits per heavy atom. The molecule has 0 aliphatic carbocycles. The fourth-order valence-electron chi connectivity index (χ4n) is 5.67. The molecule has 2 amide bonds. The third kappa shape index (κ3) is 3.24. The maximum absolute atomic E-state index is 14.1. The molecule has 0 N–H and O–H groups in total. The van der Waals surface area contributed by atoms with Crippen LogP contribution in [0, 0.1) is 17.7 Å². The smallest absolute Gasteiger partial charge is 0.240 e. The van der Waals surface area contributed by atoms with Gasteiger partial charge >= 0.3 is 0 Å². The number of carbonyl (C=O) groups excluding carboxylic acids is 3. The fraction of sp³-hybridized carbons (Fsp3) is 0.179. The summed E-state index contributed by atoms with van der Waals surface area (Å²) in [5, 5.41) is 0. The Balaban J connectivity index is 1.49. The highest BCUT2D eigenvalue weighted by Crippen LogP contribution is 2.50. The lowest BCUT2D eigenvalue weighted by Crippen LogP contribution is -2.48. The average Bonchev–Trinajstić information content (AvgIpc) is 3.36. The van der Waals surface area contributed by atoms with Crippen molar-refractivity contribution >= 4 is 51.0 Å². The average molecular weight is 547 g/mol. The SMILES string of the molecule is COc1ccc(C(=O)[C@H]2[C@H]3C(=O)N(c4cccc(F)c4)C(=O)[C@@H]3[C@H]3C=Cc4ccccc4N32)cc1Br. The van der Waals surface area contributed by atoms with Crippen molar-refractivity contribution in [1.29, 1.82) is 0 Å². The first-order valence-corrected chi connectivity index (χ1v) is 12.3. The second kappa shape index (κ2) is 8.41. The van der Waals surface area contributed by atoms with Crippen LogP contribution in [0.4, 0.5) is 15.8 Å². The van der Waals surface area contributed by atoms with Crippen LogP contribution in [-0.4, -0.2) is 36.8 Å². The van der Waals surface area contributed by atoms with Crippen LogP contribution in [0.2, 0.25) is 0 Å². The van der Waals surface area contributed by atoms with E-state index in [4.69, 9.17) is 4.74 Å². The summed E-state index contributed by atoms with van der Waals surface area (Å²) in [6.45, 7) is 0. The molecule has 36 heavy (non-hydrogen) atoms. The van der Waals surface area contributed by atoms with Gasteiger partial charge in [0.15, 0.2) is 5.78 Å². The zero-order chi connectivity index (χ0) is 25.1. The number of amides is 2.